The van der Waals surface area contributed by atoms with Gasteiger partial charge in [0.2, 0.25) is 0 Å². The van der Waals surface area contributed by atoms with Crippen LogP contribution in [0, 0.1) is 5.82 Å². The number of nitrogens with one attached hydrogen (secondary N) is 2. The summed E-state index contributed by atoms with van der Waals surface area (Å²) in [5.74, 6) is -0.208. The van der Waals surface area contributed by atoms with E-state index in [-0.39, 0.29) is 24.9 Å². The smallest absolute Gasteiger partial charge is 0.411 e. The van der Waals surface area contributed by atoms with Crippen LogP contribution in [0.2, 0.25) is 0 Å². The number of benzene rings is 2. The highest BCUT2D eigenvalue weighted by molar-refractivity contribution is 5.84. The molecule has 0 unspecified atom stereocenters. The summed E-state index contributed by atoms with van der Waals surface area (Å²) in [7, 11) is 1.27. The van der Waals surface area contributed by atoms with E-state index in [0.717, 1.165) is 5.56 Å². The maximum Gasteiger partial charge on any atom is 0.411 e. The van der Waals surface area contributed by atoms with Crippen molar-refractivity contribution in [1.29, 1.82) is 0 Å². The monoisotopic (exact) mass is 332 g/mol. The SMILES string of the molecule is COC(=O)Nc1cccc(OCC(=O)NCc2ccc(F)cc2)c1. The van der Waals surface area contributed by atoms with Gasteiger partial charge in [-0.1, -0.05) is 18.2 Å². The summed E-state index contributed by atoms with van der Waals surface area (Å²) in [5.41, 5.74) is 1.28. The van der Waals surface area contributed by atoms with Crippen LogP contribution in [-0.4, -0.2) is 25.7 Å². The summed E-state index contributed by atoms with van der Waals surface area (Å²) in [5, 5.41) is 5.17. The van der Waals surface area contributed by atoms with Gasteiger partial charge >= 0.3 is 6.09 Å². The van der Waals surface area contributed by atoms with Gasteiger partial charge in [-0.05, 0) is 29.8 Å². The zero-order chi connectivity index (χ0) is 17.4. The summed E-state index contributed by atoms with van der Waals surface area (Å²) in [6.07, 6.45) is -0.593. The van der Waals surface area contributed by atoms with E-state index in [1.807, 2.05) is 0 Å². The van der Waals surface area contributed by atoms with E-state index in [9.17, 15) is 14.0 Å². The van der Waals surface area contributed by atoms with Gasteiger partial charge in [0.25, 0.3) is 5.91 Å². The molecule has 0 radical (unpaired) electrons. The average Bonchev–Trinajstić information content (AvgIpc) is 2.59. The van der Waals surface area contributed by atoms with Crippen LogP contribution in [0.15, 0.2) is 48.5 Å². The first kappa shape index (κ1) is 17.3. The molecule has 0 heterocycles. The van der Waals surface area contributed by atoms with Gasteiger partial charge in [-0.2, -0.15) is 0 Å². The average molecular weight is 332 g/mol. The van der Waals surface area contributed by atoms with Crippen LogP contribution >= 0.6 is 0 Å². The quantitative estimate of drug-likeness (QED) is 0.853. The summed E-state index contributed by atoms with van der Waals surface area (Å²) < 4.78 is 22.6. The Morgan fingerprint density at radius 2 is 1.88 bits per heavy atom. The molecule has 2 rings (SSSR count). The fourth-order valence-corrected chi connectivity index (χ4v) is 1.84. The van der Waals surface area contributed by atoms with Crippen LogP contribution in [0.5, 0.6) is 5.75 Å². The second kappa shape index (κ2) is 8.52. The second-order valence-electron chi connectivity index (χ2n) is 4.84. The maximum atomic E-state index is 12.8. The number of ether oxygens (including phenoxy) is 2. The summed E-state index contributed by atoms with van der Waals surface area (Å²) in [6.45, 7) is 0.106. The normalized spacial score (nSPS) is 9.92. The number of anilines is 1. The zero-order valence-corrected chi connectivity index (χ0v) is 13.0. The number of carbonyl (C=O) groups is 2. The fraction of sp³-hybridized carbons (Fsp3) is 0.176. The van der Waals surface area contributed by atoms with Crippen LogP contribution < -0.4 is 15.4 Å². The largest absolute Gasteiger partial charge is 0.484 e. The van der Waals surface area contributed by atoms with Gasteiger partial charge in [0.05, 0.1) is 7.11 Å². The molecule has 0 aliphatic carbocycles. The highest BCUT2D eigenvalue weighted by atomic mass is 19.1. The van der Waals surface area contributed by atoms with Gasteiger partial charge in [-0.25, -0.2) is 9.18 Å². The van der Waals surface area contributed by atoms with Crippen LogP contribution in [0.3, 0.4) is 0 Å². The molecule has 0 aromatic heterocycles. The van der Waals surface area contributed by atoms with Gasteiger partial charge in [-0.15, -0.1) is 0 Å². The van der Waals surface area contributed by atoms with Crippen molar-refractivity contribution in [2.45, 2.75) is 6.54 Å². The molecule has 24 heavy (non-hydrogen) atoms. The molecule has 0 bridgehead atoms. The van der Waals surface area contributed by atoms with E-state index in [1.54, 1.807) is 36.4 Å². The Labute approximate surface area is 138 Å². The lowest BCUT2D eigenvalue weighted by Crippen LogP contribution is -2.28. The lowest BCUT2D eigenvalue weighted by atomic mass is 10.2. The van der Waals surface area contributed by atoms with Crippen molar-refractivity contribution in [1.82, 2.24) is 5.32 Å². The number of halogens is 1. The molecule has 0 saturated carbocycles. The molecule has 0 atom stereocenters. The Morgan fingerprint density at radius 3 is 2.58 bits per heavy atom. The Kier molecular flexibility index (Phi) is 6.13. The topological polar surface area (TPSA) is 76.7 Å². The van der Waals surface area contributed by atoms with Crippen molar-refractivity contribution < 1.29 is 23.5 Å². The van der Waals surface area contributed by atoms with Crippen molar-refractivity contribution >= 4 is 17.7 Å². The molecule has 0 spiro atoms. The van der Waals surface area contributed by atoms with Crippen LogP contribution in [-0.2, 0) is 16.1 Å². The van der Waals surface area contributed by atoms with Crippen LogP contribution in [0.1, 0.15) is 5.56 Å². The molecule has 0 aliphatic rings. The van der Waals surface area contributed by atoms with Crippen LogP contribution in [0.25, 0.3) is 0 Å². The molecule has 0 saturated heterocycles. The Morgan fingerprint density at radius 1 is 1.12 bits per heavy atom. The minimum Gasteiger partial charge on any atom is -0.484 e. The highest BCUT2D eigenvalue weighted by Crippen LogP contribution is 2.17. The van der Waals surface area contributed by atoms with E-state index in [2.05, 4.69) is 15.4 Å². The molecule has 0 fully saturated rings. The van der Waals surface area contributed by atoms with Crippen molar-refractivity contribution in [3.05, 3.63) is 59.9 Å². The third-order valence-electron chi connectivity index (χ3n) is 3.04. The Hall–Kier alpha value is -3.09. The first-order valence-electron chi connectivity index (χ1n) is 7.16. The molecule has 2 N–H and O–H groups in total. The minimum absolute atomic E-state index is 0.178. The van der Waals surface area contributed by atoms with E-state index in [1.165, 1.54) is 19.2 Å². The summed E-state index contributed by atoms with van der Waals surface area (Å²) >= 11 is 0. The second-order valence-corrected chi connectivity index (χ2v) is 4.84. The molecule has 2 aromatic rings. The lowest BCUT2D eigenvalue weighted by molar-refractivity contribution is -0.123. The van der Waals surface area contributed by atoms with Gasteiger partial charge in [0, 0.05) is 18.3 Å². The maximum absolute atomic E-state index is 12.8. The predicted octanol–water partition coefficient (Wildman–Crippen LogP) is 2.70. The van der Waals surface area contributed by atoms with Crippen molar-refractivity contribution in [2.75, 3.05) is 19.0 Å². The number of hydrogen-bond acceptors (Lipinski definition) is 4. The Balaban J connectivity index is 1.79. The third-order valence-corrected chi connectivity index (χ3v) is 3.04. The zero-order valence-electron chi connectivity index (χ0n) is 13.0. The number of carbonyl (C=O) groups excluding carboxylic acids is 2. The highest BCUT2D eigenvalue weighted by Gasteiger charge is 2.05. The standard InChI is InChI=1S/C17H17FN2O4/c1-23-17(22)20-14-3-2-4-15(9-14)24-11-16(21)19-10-12-5-7-13(18)8-6-12/h2-9H,10-11H2,1H3,(H,19,21)(H,20,22). The number of methoxy groups -OCH3 is 1. The number of hydrogen-bond donors (Lipinski definition) is 2. The van der Waals surface area contributed by atoms with Crippen molar-refractivity contribution in [2.24, 2.45) is 0 Å². The predicted molar refractivity (Wildman–Crippen MR) is 86.2 cm³/mol. The number of amides is 2. The number of rotatable bonds is 6. The van der Waals surface area contributed by atoms with E-state index < -0.39 is 6.09 Å². The molecule has 126 valence electrons. The molecule has 0 aliphatic heterocycles. The van der Waals surface area contributed by atoms with Crippen LogP contribution in [0.4, 0.5) is 14.9 Å². The summed E-state index contributed by atoms with van der Waals surface area (Å²) in [4.78, 5) is 22.9. The van der Waals surface area contributed by atoms with Crippen molar-refractivity contribution in [3.8, 4) is 5.75 Å². The van der Waals surface area contributed by atoms with Gasteiger partial charge in [0.1, 0.15) is 11.6 Å². The van der Waals surface area contributed by atoms with Crippen molar-refractivity contribution in [3.63, 3.8) is 0 Å². The molecular weight excluding hydrogens is 315 g/mol. The molecule has 6 nitrogen and oxygen atoms in total. The van der Waals surface area contributed by atoms with E-state index in [4.69, 9.17) is 4.74 Å². The lowest BCUT2D eigenvalue weighted by Gasteiger charge is -2.09. The fourth-order valence-electron chi connectivity index (χ4n) is 1.84. The molecule has 7 heteroatoms. The Bertz CT molecular complexity index is 704. The molecule has 2 aromatic carbocycles. The van der Waals surface area contributed by atoms with Gasteiger partial charge in [0.15, 0.2) is 6.61 Å². The molecule has 2 amide bonds. The van der Waals surface area contributed by atoms with E-state index in [0.29, 0.717) is 11.4 Å². The first-order chi connectivity index (χ1) is 11.6. The minimum atomic E-state index is -0.593. The van der Waals surface area contributed by atoms with Gasteiger partial charge in [-0.3, -0.25) is 10.1 Å². The summed E-state index contributed by atoms with van der Waals surface area (Å²) in [6, 6.07) is 12.4. The molecular formula is C17H17FN2O4. The first-order valence-corrected chi connectivity index (χ1v) is 7.16. The third kappa shape index (κ3) is 5.60. The van der Waals surface area contributed by atoms with E-state index >= 15 is 0 Å². The van der Waals surface area contributed by atoms with Gasteiger partial charge < -0.3 is 14.8 Å².